The number of hydrogen-bond acceptors (Lipinski definition) is 3. The lowest BCUT2D eigenvalue weighted by Gasteiger charge is -2.46. The van der Waals surface area contributed by atoms with Crippen LogP contribution in [0.3, 0.4) is 0 Å². The average molecular weight is 867 g/mol. The number of nitrogens with zero attached hydrogens (tertiary/aromatic N) is 2. The van der Waals surface area contributed by atoms with Crippen LogP contribution in [0.1, 0.15) is 132 Å². The number of benzene rings is 7. The quantitative estimate of drug-likeness (QED) is 0.165. The van der Waals surface area contributed by atoms with Gasteiger partial charge < -0.3 is 14.2 Å². The average Bonchev–Trinajstić information content (AvgIpc) is 3.62. The molecular formula is C62H67BN2O. The van der Waals surface area contributed by atoms with E-state index in [-0.39, 0.29) is 33.8 Å². The van der Waals surface area contributed by atoms with Gasteiger partial charge in [-0.2, -0.15) is 0 Å². The lowest BCUT2D eigenvalue weighted by Crippen LogP contribution is -2.62. The van der Waals surface area contributed by atoms with Crippen LogP contribution in [-0.2, 0) is 27.1 Å². The first kappa shape index (κ1) is 43.9. The third-order valence-electron chi connectivity index (χ3n) is 14.3. The molecule has 3 nitrogen and oxygen atoms in total. The summed E-state index contributed by atoms with van der Waals surface area (Å²) in [5.74, 6) is 0. The van der Waals surface area contributed by atoms with Crippen LogP contribution in [0, 0.1) is 0 Å². The predicted octanol–water partition coefficient (Wildman–Crippen LogP) is 15.8. The van der Waals surface area contributed by atoms with Crippen molar-refractivity contribution in [1.82, 2.24) is 0 Å². The molecule has 0 spiro atoms. The van der Waals surface area contributed by atoms with Crippen molar-refractivity contribution in [2.24, 2.45) is 0 Å². The summed E-state index contributed by atoms with van der Waals surface area (Å²) in [6.45, 7) is 35.5. The molecule has 0 bridgehead atoms. The van der Waals surface area contributed by atoms with Crippen molar-refractivity contribution in [3.8, 4) is 11.1 Å². The molecule has 334 valence electrons. The summed E-state index contributed by atoms with van der Waals surface area (Å²) >= 11 is 0. The molecule has 0 unspecified atom stereocenters. The molecule has 0 saturated heterocycles. The van der Waals surface area contributed by atoms with Gasteiger partial charge in [-0.1, -0.05) is 171 Å². The Morgan fingerprint density at radius 1 is 0.364 bits per heavy atom. The molecule has 8 aromatic rings. The highest BCUT2D eigenvalue weighted by atomic mass is 16.3. The molecule has 2 aliphatic rings. The van der Waals surface area contributed by atoms with Gasteiger partial charge in [0.1, 0.15) is 11.2 Å². The van der Waals surface area contributed by atoms with E-state index in [1.807, 2.05) is 6.07 Å². The summed E-state index contributed by atoms with van der Waals surface area (Å²) in [5, 5.41) is 2.29. The van der Waals surface area contributed by atoms with Gasteiger partial charge in [0.15, 0.2) is 0 Å². The Morgan fingerprint density at radius 2 is 0.803 bits per heavy atom. The number of furan rings is 1. The van der Waals surface area contributed by atoms with Crippen molar-refractivity contribution in [2.45, 2.75) is 131 Å². The third-order valence-corrected chi connectivity index (χ3v) is 14.3. The van der Waals surface area contributed by atoms with Crippen molar-refractivity contribution in [2.75, 3.05) is 9.80 Å². The zero-order chi connectivity index (χ0) is 47.0. The van der Waals surface area contributed by atoms with Gasteiger partial charge in [0.2, 0.25) is 0 Å². The first-order chi connectivity index (χ1) is 30.9. The van der Waals surface area contributed by atoms with E-state index in [0.29, 0.717) is 0 Å². The Hall–Kier alpha value is -6.00. The molecule has 2 aliphatic heterocycles. The Morgan fingerprint density at radius 3 is 1.29 bits per heavy atom. The summed E-state index contributed by atoms with van der Waals surface area (Å²) in [7, 11) is 0. The highest BCUT2D eigenvalue weighted by Crippen LogP contribution is 2.48. The molecule has 0 saturated carbocycles. The van der Waals surface area contributed by atoms with Gasteiger partial charge >= 0.3 is 0 Å². The van der Waals surface area contributed by atoms with Crippen LogP contribution in [0.15, 0.2) is 138 Å². The van der Waals surface area contributed by atoms with E-state index in [2.05, 4.69) is 241 Å². The van der Waals surface area contributed by atoms with Crippen LogP contribution in [0.25, 0.3) is 33.1 Å². The number of anilines is 6. The summed E-state index contributed by atoms with van der Waals surface area (Å²) < 4.78 is 6.21. The minimum absolute atomic E-state index is 0.0172. The van der Waals surface area contributed by atoms with Crippen LogP contribution in [0.5, 0.6) is 0 Å². The lowest BCUT2D eigenvalue weighted by molar-refractivity contribution is 0.530. The SMILES string of the molecule is CC(C)(C)c1ccc(N2c3cc(C(C)(C)C)c(C(C)(C)C)cc3B3c4cc(C(C)(C)C)c(C(C)(C)C)cc4N(c4ccc(-c5ccc6oc7ccccc7c6c5)cc4)c4cccc2c43)cc1. The van der Waals surface area contributed by atoms with E-state index >= 15 is 0 Å². The zero-order valence-corrected chi connectivity index (χ0v) is 42.1. The topological polar surface area (TPSA) is 19.6 Å². The molecule has 0 aliphatic carbocycles. The van der Waals surface area contributed by atoms with Crippen LogP contribution in [0.2, 0.25) is 0 Å². The molecule has 10 rings (SSSR count). The van der Waals surface area contributed by atoms with Crippen molar-refractivity contribution < 1.29 is 4.42 Å². The standard InChI is InChI=1S/C62H67BN2O/c1-58(2,3)40-26-30-42(31-27-40)65-52-21-18-20-51-57(52)63(50-35-46(60(7,8)9)48(37-54(50)65)62(13,14)15)49-34-45(59(4,5)6)47(61(10,11)12)36-53(49)64(51)41-28-23-38(24-29-41)39-25-32-56-44(33-39)43-19-16-17-22-55(43)66-56/h16-37H,1-15H3. The van der Waals surface area contributed by atoms with E-state index in [9.17, 15) is 0 Å². The smallest absolute Gasteiger partial charge is 0.252 e. The summed E-state index contributed by atoms with van der Waals surface area (Å²) in [6.07, 6.45) is 0. The van der Waals surface area contributed by atoms with Gasteiger partial charge in [-0.3, -0.25) is 0 Å². The molecule has 0 fully saturated rings. The van der Waals surface area contributed by atoms with Gasteiger partial charge in [-0.05, 0) is 149 Å². The number of fused-ring (bicyclic) bond motifs is 7. The minimum Gasteiger partial charge on any atom is -0.456 e. The maximum Gasteiger partial charge on any atom is 0.252 e. The fourth-order valence-electron chi connectivity index (χ4n) is 10.9. The second kappa shape index (κ2) is 14.8. The first-order valence-electron chi connectivity index (χ1n) is 24.1. The third kappa shape index (κ3) is 7.18. The number of hydrogen-bond donors (Lipinski definition) is 0. The van der Waals surface area contributed by atoms with Crippen LogP contribution in [0.4, 0.5) is 34.1 Å². The molecule has 4 heteroatoms. The van der Waals surface area contributed by atoms with Gasteiger partial charge in [0, 0.05) is 44.9 Å². The van der Waals surface area contributed by atoms with Crippen LogP contribution in [-0.4, -0.2) is 6.71 Å². The number of para-hydroxylation sites is 1. The van der Waals surface area contributed by atoms with Gasteiger partial charge in [0.25, 0.3) is 6.71 Å². The van der Waals surface area contributed by atoms with Crippen molar-refractivity contribution in [1.29, 1.82) is 0 Å². The maximum atomic E-state index is 6.21. The van der Waals surface area contributed by atoms with Gasteiger partial charge in [-0.15, -0.1) is 0 Å². The molecule has 0 atom stereocenters. The Balaban J connectivity index is 1.25. The minimum atomic E-state index is -0.0767. The number of rotatable bonds is 3. The second-order valence-electron chi connectivity index (χ2n) is 24.4. The Kier molecular flexibility index (Phi) is 9.81. The largest absolute Gasteiger partial charge is 0.456 e. The molecule has 3 heterocycles. The molecule has 1 aromatic heterocycles. The highest BCUT2D eigenvalue weighted by molar-refractivity contribution is 7.00. The second-order valence-corrected chi connectivity index (χ2v) is 24.4. The molecule has 0 radical (unpaired) electrons. The Labute approximate surface area is 395 Å². The summed E-state index contributed by atoms with van der Waals surface area (Å²) in [4.78, 5) is 5.15. The van der Waals surface area contributed by atoms with Crippen molar-refractivity contribution >= 4 is 79.2 Å². The molecule has 0 amide bonds. The van der Waals surface area contributed by atoms with E-state index in [0.717, 1.165) is 27.6 Å². The van der Waals surface area contributed by atoms with E-state index in [1.54, 1.807) is 0 Å². The van der Waals surface area contributed by atoms with Crippen LogP contribution < -0.4 is 26.2 Å². The van der Waals surface area contributed by atoms with Crippen molar-refractivity contribution in [3.63, 3.8) is 0 Å². The normalized spacial score (nSPS) is 14.2. The van der Waals surface area contributed by atoms with E-state index < -0.39 is 0 Å². The molecule has 7 aromatic carbocycles. The maximum absolute atomic E-state index is 6.21. The fourth-order valence-corrected chi connectivity index (χ4v) is 10.9. The van der Waals surface area contributed by atoms with Crippen LogP contribution >= 0.6 is 0 Å². The van der Waals surface area contributed by atoms with Crippen molar-refractivity contribution in [3.05, 3.63) is 161 Å². The first-order valence-corrected chi connectivity index (χ1v) is 24.1. The summed E-state index contributed by atoms with van der Waals surface area (Å²) in [6, 6.07) is 50.9. The lowest BCUT2D eigenvalue weighted by atomic mass is 9.33. The van der Waals surface area contributed by atoms with Gasteiger partial charge in [-0.25, -0.2) is 0 Å². The fraction of sp³-hybridized carbons (Fsp3) is 0.323. The Bertz CT molecular complexity index is 3210. The molecule has 66 heavy (non-hydrogen) atoms. The van der Waals surface area contributed by atoms with E-state index in [1.165, 1.54) is 83.8 Å². The van der Waals surface area contributed by atoms with Gasteiger partial charge in [0.05, 0.1) is 0 Å². The zero-order valence-electron chi connectivity index (χ0n) is 42.1. The highest BCUT2D eigenvalue weighted by Gasteiger charge is 2.46. The van der Waals surface area contributed by atoms with E-state index in [4.69, 9.17) is 4.42 Å². The molecular weight excluding hydrogens is 800 g/mol. The predicted molar refractivity (Wildman–Crippen MR) is 287 cm³/mol. The molecule has 0 N–H and O–H groups in total. The monoisotopic (exact) mass is 867 g/mol. The summed E-state index contributed by atoms with van der Waals surface area (Å²) in [5.41, 5.74) is 22.3.